The maximum Gasteiger partial charge on any atom is 0.128 e. The lowest BCUT2D eigenvalue weighted by atomic mass is 10.1. The number of halogens is 4. The van der Waals surface area contributed by atoms with Gasteiger partial charge in [-0.05, 0) is 25.1 Å². The Morgan fingerprint density at radius 1 is 1.17 bits per heavy atom. The molecule has 1 saturated heterocycles. The Morgan fingerprint density at radius 3 is 2.39 bits per heavy atom. The van der Waals surface area contributed by atoms with Gasteiger partial charge in [-0.25, -0.2) is 8.78 Å². The third kappa shape index (κ3) is 4.05. The van der Waals surface area contributed by atoms with Gasteiger partial charge in [0.25, 0.3) is 0 Å². The summed E-state index contributed by atoms with van der Waals surface area (Å²) in [5.41, 5.74) is 0.446. The summed E-state index contributed by atoms with van der Waals surface area (Å²) in [6, 6.07) is 3.58. The predicted molar refractivity (Wildman–Crippen MR) is 73.7 cm³/mol. The van der Waals surface area contributed by atoms with Crippen LogP contribution in [0.15, 0.2) is 18.2 Å². The van der Waals surface area contributed by atoms with Crippen LogP contribution in [0.1, 0.15) is 18.5 Å². The third-order valence-corrected chi connectivity index (χ3v) is 3.11. The second-order valence-electron chi connectivity index (χ2n) is 4.13. The second kappa shape index (κ2) is 7.89. The highest BCUT2D eigenvalue weighted by Gasteiger charge is 2.20. The quantitative estimate of drug-likeness (QED) is 0.903. The summed E-state index contributed by atoms with van der Waals surface area (Å²) < 4.78 is 26.6. The minimum absolute atomic E-state index is 0. The lowest BCUT2D eigenvalue weighted by Gasteiger charge is -2.33. The van der Waals surface area contributed by atoms with Crippen molar-refractivity contribution in [3.8, 4) is 0 Å². The van der Waals surface area contributed by atoms with Gasteiger partial charge in [-0.3, -0.25) is 4.90 Å². The molecule has 1 fully saturated rings. The first-order valence-electron chi connectivity index (χ1n) is 5.58. The van der Waals surface area contributed by atoms with E-state index in [1.54, 1.807) is 0 Å². The van der Waals surface area contributed by atoms with Gasteiger partial charge in [0.2, 0.25) is 0 Å². The van der Waals surface area contributed by atoms with Crippen LogP contribution in [0.4, 0.5) is 8.78 Å². The van der Waals surface area contributed by atoms with Crippen LogP contribution in [0.2, 0.25) is 0 Å². The van der Waals surface area contributed by atoms with Gasteiger partial charge in [0, 0.05) is 37.8 Å². The van der Waals surface area contributed by atoms with Crippen LogP contribution < -0.4 is 5.32 Å². The SMILES string of the molecule is C[C@@H](c1cc(F)ccc1F)N1CCNCC1.Cl.Cl. The highest BCUT2D eigenvalue weighted by Crippen LogP contribution is 2.23. The van der Waals surface area contributed by atoms with Crippen molar-refractivity contribution in [2.75, 3.05) is 26.2 Å². The van der Waals surface area contributed by atoms with Crippen LogP contribution in [0.25, 0.3) is 0 Å². The number of hydrogen-bond donors (Lipinski definition) is 1. The number of benzene rings is 1. The first-order valence-corrected chi connectivity index (χ1v) is 5.58. The van der Waals surface area contributed by atoms with Crippen LogP contribution in [0, 0.1) is 11.6 Å². The lowest BCUT2D eigenvalue weighted by Crippen LogP contribution is -2.44. The van der Waals surface area contributed by atoms with Crippen LogP contribution >= 0.6 is 24.8 Å². The van der Waals surface area contributed by atoms with E-state index in [9.17, 15) is 8.78 Å². The zero-order valence-corrected chi connectivity index (χ0v) is 11.8. The van der Waals surface area contributed by atoms with E-state index in [-0.39, 0.29) is 42.5 Å². The molecule has 104 valence electrons. The van der Waals surface area contributed by atoms with E-state index in [0.717, 1.165) is 32.2 Å². The smallest absolute Gasteiger partial charge is 0.128 e. The summed E-state index contributed by atoms with van der Waals surface area (Å²) in [6.45, 7) is 5.47. The van der Waals surface area contributed by atoms with Crippen molar-refractivity contribution in [2.24, 2.45) is 0 Å². The van der Waals surface area contributed by atoms with Gasteiger partial charge < -0.3 is 5.32 Å². The molecular weight excluding hydrogens is 281 g/mol. The number of rotatable bonds is 2. The molecule has 2 rings (SSSR count). The summed E-state index contributed by atoms with van der Waals surface area (Å²) in [6.07, 6.45) is 0. The van der Waals surface area contributed by atoms with Crippen LogP contribution in [0.5, 0.6) is 0 Å². The Kier molecular flexibility index (Phi) is 7.71. The highest BCUT2D eigenvalue weighted by molar-refractivity contribution is 5.85. The van der Waals surface area contributed by atoms with E-state index < -0.39 is 0 Å². The summed E-state index contributed by atoms with van der Waals surface area (Å²) in [5, 5.41) is 3.24. The van der Waals surface area contributed by atoms with Crippen LogP contribution in [-0.2, 0) is 0 Å². The average Bonchev–Trinajstić information content (AvgIpc) is 2.32. The molecule has 18 heavy (non-hydrogen) atoms. The lowest BCUT2D eigenvalue weighted by molar-refractivity contribution is 0.182. The Balaban J connectivity index is 0.00000144. The van der Waals surface area contributed by atoms with Crippen molar-refractivity contribution < 1.29 is 8.78 Å². The molecule has 0 unspecified atom stereocenters. The number of piperazine rings is 1. The molecule has 0 amide bonds. The maximum atomic E-state index is 13.6. The van der Waals surface area contributed by atoms with Gasteiger partial charge in [0.1, 0.15) is 11.6 Å². The van der Waals surface area contributed by atoms with Crippen molar-refractivity contribution in [3.63, 3.8) is 0 Å². The molecule has 1 aromatic rings. The Hall–Kier alpha value is -0.420. The Morgan fingerprint density at radius 2 is 1.78 bits per heavy atom. The maximum absolute atomic E-state index is 13.6. The first-order chi connectivity index (χ1) is 7.68. The zero-order chi connectivity index (χ0) is 11.5. The Labute approximate surface area is 119 Å². The molecule has 1 aliphatic heterocycles. The standard InChI is InChI=1S/C12H16F2N2.2ClH/c1-9(16-6-4-15-5-7-16)11-8-10(13)2-3-12(11)14;;/h2-3,8-9,15H,4-7H2,1H3;2*1H/t9-;;/m0../s1. The van der Waals surface area contributed by atoms with Gasteiger partial charge in [0.15, 0.2) is 0 Å². The minimum atomic E-state index is -0.376. The first kappa shape index (κ1) is 17.6. The molecule has 1 heterocycles. The topological polar surface area (TPSA) is 15.3 Å². The molecule has 0 aromatic heterocycles. The normalized spacial score (nSPS) is 17.5. The zero-order valence-electron chi connectivity index (χ0n) is 10.2. The average molecular weight is 299 g/mol. The van der Waals surface area contributed by atoms with Crippen molar-refractivity contribution in [1.82, 2.24) is 10.2 Å². The van der Waals surface area contributed by atoms with Crippen LogP contribution in [-0.4, -0.2) is 31.1 Å². The molecule has 0 bridgehead atoms. The fourth-order valence-corrected chi connectivity index (χ4v) is 2.10. The number of nitrogens with zero attached hydrogens (tertiary/aromatic N) is 1. The summed E-state index contributed by atoms with van der Waals surface area (Å²) in [4.78, 5) is 2.16. The van der Waals surface area contributed by atoms with Gasteiger partial charge in [-0.1, -0.05) is 0 Å². The molecule has 0 aliphatic carbocycles. The van der Waals surface area contributed by atoms with Crippen LogP contribution in [0.3, 0.4) is 0 Å². The van der Waals surface area contributed by atoms with Crippen molar-refractivity contribution in [3.05, 3.63) is 35.4 Å². The number of hydrogen-bond acceptors (Lipinski definition) is 2. The van der Waals surface area contributed by atoms with E-state index in [4.69, 9.17) is 0 Å². The number of nitrogens with one attached hydrogen (secondary N) is 1. The van der Waals surface area contributed by atoms with Gasteiger partial charge in [-0.15, -0.1) is 24.8 Å². The summed E-state index contributed by atoms with van der Waals surface area (Å²) >= 11 is 0. The Bertz CT molecular complexity index is 371. The molecule has 1 aromatic carbocycles. The molecule has 0 radical (unpaired) electrons. The highest BCUT2D eigenvalue weighted by atomic mass is 35.5. The fourth-order valence-electron chi connectivity index (χ4n) is 2.10. The molecular formula is C12H18Cl2F2N2. The van der Waals surface area contributed by atoms with E-state index >= 15 is 0 Å². The molecule has 6 heteroatoms. The van der Waals surface area contributed by atoms with E-state index in [0.29, 0.717) is 5.56 Å². The van der Waals surface area contributed by atoms with E-state index in [1.807, 2.05) is 6.92 Å². The largest absolute Gasteiger partial charge is 0.314 e. The van der Waals surface area contributed by atoms with Gasteiger partial charge >= 0.3 is 0 Å². The molecule has 1 atom stereocenters. The van der Waals surface area contributed by atoms with E-state index in [2.05, 4.69) is 10.2 Å². The van der Waals surface area contributed by atoms with Gasteiger partial charge in [-0.2, -0.15) is 0 Å². The minimum Gasteiger partial charge on any atom is -0.314 e. The summed E-state index contributed by atoms with van der Waals surface area (Å²) in [7, 11) is 0. The molecule has 0 saturated carbocycles. The van der Waals surface area contributed by atoms with Crippen molar-refractivity contribution >= 4 is 24.8 Å². The summed E-state index contributed by atoms with van der Waals surface area (Å²) in [5.74, 6) is -0.703. The molecule has 0 spiro atoms. The molecule has 1 N–H and O–H groups in total. The predicted octanol–water partition coefficient (Wildman–Crippen LogP) is 2.77. The van der Waals surface area contributed by atoms with Crippen molar-refractivity contribution in [1.29, 1.82) is 0 Å². The van der Waals surface area contributed by atoms with Gasteiger partial charge in [0.05, 0.1) is 0 Å². The van der Waals surface area contributed by atoms with Crippen molar-refractivity contribution in [2.45, 2.75) is 13.0 Å². The monoisotopic (exact) mass is 298 g/mol. The molecule has 2 nitrogen and oxygen atoms in total. The third-order valence-electron chi connectivity index (χ3n) is 3.11. The fraction of sp³-hybridized carbons (Fsp3) is 0.500. The van der Waals surface area contributed by atoms with E-state index in [1.165, 1.54) is 12.1 Å². The second-order valence-corrected chi connectivity index (χ2v) is 4.13. The molecule has 1 aliphatic rings.